The molecule has 1 heterocycles. The van der Waals surface area contributed by atoms with Crippen molar-refractivity contribution in [2.24, 2.45) is 5.92 Å². The third-order valence-corrected chi connectivity index (χ3v) is 4.83. The molecule has 25 heavy (non-hydrogen) atoms. The molecule has 0 bridgehead atoms. The molecule has 4 rings (SSSR count). The maximum Gasteiger partial charge on any atom is 0.252 e. The number of hydrogen-bond donors (Lipinski definition) is 2. The number of benzene rings is 2. The summed E-state index contributed by atoms with van der Waals surface area (Å²) in [4.78, 5) is 12.6. The normalized spacial score (nSPS) is 15.2. The molecule has 1 amide bonds. The van der Waals surface area contributed by atoms with Crippen LogP contribution in [-0.4, -0.2) is 18.5 Å². The number of hydrogen-bond acceptors (Lipinski definition) is 3. The van der Waals surface area contributed by atoms with E-state index in [0.717, 1.165) is 17.5 Å². The lowest BCUT2D eigenvalue weighted by atomic mass is 10.1. The second kappa shape index (κ2) is 7.11. The van der Waals surface area contributed by atoms with Gasteiger partial charge in [0.05, 0.1) is 11.8 Å². The molecule has 1 fully saturated rings. The molecular formula is C21H22N2O2. The molecule has 1 atom stereocenters. The van der Waals surface area contributed by atoms with Crippen molar-refractivity contribution in [2.75, 3.05) is 6.54 Å². The lowest BCUT2D eigenvalue weighted by molar-refractivity contribution is 0.0950. The van der Waals surface area contributed by atoms with E-state index in [1.54, 1.807) is 6.26 Å². The zero-order chi connectivity index (χ0) is 17.1. The first kappa shape index (κ1) is 15.9. The molecule has 1 aromatic heterocycles. The van der Waals surface area contributed by atoms with Crippen LogP contribution in [0.3, 0.4) is 0 Å². The minimum absolute atomic E-state index is 0.0424. The number of carbonyl (C=O) groups excluding carboxylic acids is 1. The van der Waals surface area contributed by atoms with E-state index in [1.807, 2.05) is 30.3 Å². The molecule has 1 aliphatic rings. The molecule has 0 aliphatic heterocycles. The topological polar surface area (TPSA) is 54.3 Å². The third-order valence-electron chi connectivity index (χ3n) is 4.83. The predicted molar refractivity (Wildman–Crippen MR) is 98.3 cm³/mol. The lowest BCUT2D eigenvalue weighted by Crippen LogP contribution is -2.42. The summed E-state index contributed by atoms with van der Waals surface area (Å²) in [5, 5.41) is 7.56. The first-order valence-electron chi connectivity index (χ1n) is 8.83. The Hall–Kier alpha value is -2.59. The zero-order valence-corrected chi connectivity index (χ0v) is 14.1. The van der Waals surface area contributed by atoms with Crippen molar-refractivity contribution >= 4 is 16.9 Å². The van der Waals surface area contributed by atoms with E-state index in [-0.39, 0.29) is 5.91 Å². The third kappa shape index (κ3) is 3.74. The Morgan fingerprint density at radius 1 is 1.08 bits per heavy atom. The van der Waals surface area contributed by atoms with Gasteiger partial charge >= 0.3 is 0 Å². The van der Waals surface area contributed by atoms with Crippen molar-refractivity contribution in [3.63, 3.8) is 0 Å². The largest absolute Gasteiger partial charge is 0.464 e. The molecule has 0 spiro atoms. The highest BCUT2D eigenvalue weighted by molar-refractivity contribution is 6.05. The highest BCUT2D eigenvalue weighted by Crippen LogP contribution is 2.32. The summed E-state index contributed by atoms with van der Waals surface area (Å²) >= 11 is 0. The van der Waals surface area contributed by atoms with Crippen LogP contribution in [0, 0.1) is 5.92 Å². The van der Waals surface area contributed by atoms with E-state index in [0.29, 0.717) is 24.1 Å². The van der Waals surface area contributed by atoms with Gasteiger partial charge in [-0.25, -0.2) is 0 Å². The standard InChI is InChI=1S/C21H22N2O2/c24-21(18-7-4-8-20-17(18)11-12-25-20)23-14-19(16-9-10-16)22-13-15-5-2-1-3-6-15/h1-8,11-12,16,19,22H,9-10,13-14H2,(H,23,24). The van der Waals surface area contributed by atoms with Gasteiger partial charge in [0.1, 0.15) is 5.58 Å². The van der Waals surface area contributed by atoms with Crippen LogP contribution in [-0.2, 0) is 6.54 Å². The molecule has 1 aliphatic carbocycles. The molecule has 3 aromatic rings. The number of nitrogens with one attached hydrogen (secondary N) is 2. The van der Waals surface area contributed by atoms with E-state index < -0.39 is 0 Å². The first-order valence-corrected chi connectivity index (χ1v) is 8.83. The molecule has 4 nitrogen and oxygen atoms in total. The zero-order valence-electron chi connectivity index (χ0n) is 14.1. The van der Waals surface area contributed by atoms with Crippen molar-refractivity contribution in [1.82, 2.24) is 10.6 Å². The fraction of sp³-hybridized carbons (Fsp3) is 0.286. The van der Waals surface area contributed by atoms with Crippen molar-refractivity contribution in [3.05, 3.63) is 72.0 Å². The number of amides is 1. The summed E-state index contributed by atoms with van der Waals surface area (Å²) in [7, 11) is 0. The van der Waals surface area contributed by atoms with Crippen molar-refractivity contribution in [1.29, 1.82) is 0 Å². The highest BCUT2D eigenvalue weighted by atomic mass is 16.3. The Balaban J connectivity index is 1.38. The van der Waals surface area contributed by atoms with Crippen LogP contribution < -0.4 is 10.6 Å². The first-order chi connectivity index (χ1) is 12.3. The average Bonchev–Trinajstić information content (AvgIpc) is 3.38. The number of carbonyl (C=O) groups is 1. The van der Waals surface area contributed by atoms with Gasteiger partial charge in [-0.15, -0.1) is 0 Å². The molecule has 0 saturated heterocycles. The molecule has 2 N–H and O–H groups in total. The molecule has 4 heteroatoms. The summed E-state index contributed by atoms with van der Waals surface area (Å²) in [6, 6.07) is 18.1. The highest BCUT2D eigenvalue weighted by Gasteiger charge is 2.31. The Morgan fingerprint density at radius 3 is 2.72 bits per heavy atom. The summed E-state index contributed by atoms with van der Waals surface area (Å²) in [6.45, 7) is 1.47. The Bertz CT molecular complexity index is 852. The van der Waals surface area contributed by atoms with Crippen LogP contribution in [0.15, 0.2) is 65.3 Å². The molecule has 1 unspecified atom stereocenters. The molecule has 128 valence electrons. The maximum absolute atomic E-state index is 12.6. The van der Waals surface area contributed by atoms with Crippen LogP contribution in [0.5, 0.6) is 0 Å². The van der Waals surface area contributed by atoms with Crippen molar-refractivity contribution in [3.8, 4) is 0 Å². The van der Waals surface area contributed by atoms with E-state index >= 15 is 0 Å². The monoisotopic (exact) mass is 334 g/mol. The number of furan rings is 1. The van der Waals surface area contributed by atoms with Gasteiger partial charge in [0.25, 0.3) is 5.91 Å². The summed E-state index contributed by atoms with van der Waals surface area (Å²) in [5.74, 6) is 0.618. The second-order valence-electron chi connectivity index (χ2n) is 6.66. The fourth-order valence-corrected chi connectivity index (χ4v) is 3.24. The van der Waals surface area contributed by atoms with Gasteiger partial charge in [0.15, 0.2) is 0 Å². The van der Waals surface area contributed by atoms with Crippen LogP contribution in [0.4, 0.5) is 0 Å². The predicted octanol–water partition coefficient (Wildman–Crippen LogP) is 3.73. The van der Waals surface area contributed by atoms with Crippen molar-refractivity contribution in [2.45, 2.75) is 25.4 Å². The quantitative estimate of drug-likeness (QED) is 0.692. The lowest BCUT2D eigenvalue weighted by Gasteiger charge is -2.19. The average molecular weight is 334 g/mol. The maximum atomic E-state index is 12.6. The minimum atomic E-state index is -0.0424. The molecular weight excluding hydrogens is 312 g/mol. The van der Waals surface area contributed by atoms with Gasteiger partial charge in [0.2, 0.25) is 0 Å². The fourth-order valence-electron chi connectivity index (χ4n) is 3.24. The second-order valence-corrected chi connectivity index (χ2v) is 6.66. The van der Waals surface area contributed by atoms with E-state index in [2.05, 4.69) is 34.9 Å². The Kier molecular flexibility index (Phi) is 4.53. The van der Waals surface area contributed by atoms with Crippen molar-refractivity contribution < 1.29 is 9.21 Å². The van der Waals surface area contributed by atoms with Gasteiger partial charge in [-0.2, -0.15) is 0 Å². The molecule has 1 saturated carbocycles. The van der Waals surface area contributed by atoms with Gasteiger partial charge in [-0.1, -0.05) is 36.4 Å². The minimum Gasteiger partial charge on any atom is -0.464 e. The van der Waals surface area contributed by atoms with Gasteiger partial charge in [0, 0.05) is 24.5 Å². The van der Waals surface area contributed by atoms with E-state index in [4.69, 9.17) is 4.42 Å². The smallest absolute Gasteiger partial charge is 0.252 e. The van der Waals surface area contributed by atoms with Gasteiger partial charge in [-0.05, 0) is 42.5 Å². The molecule has 0 radical (unpaired) electrons. The van der Waals surface area contributed by atoms with Gasteiger partial charge in [-0.3, -0.25) is 4.79 Å². The van der Waals surface area contributed by atoms with Crippen LogP contribution in [0.1, 0.15) is 28.8 Å². The van der Waals surface area contributed by atoms with Gasteiger partial charge < -0.3 is 15.1 Å². The number of rotatable bonds is 7. The number of fused-ring (bicyclic) bond motifs is 1. The summed E-state index contributed by atoms with van der Waals surface area (Å²) in [6.07, 6.45) is 4.09. The SMILES string of the molecule is O=C(NCC(NCc1ccccc1)C1CC1)c1cccc2occc12. The molecule has 2 aromatic carbocycles. The summed E-state index contributed by atoms with van der Waals surface area (Å²) < 4.78 is 5.38. The van der Waals surface area contributed by atoms with Crippen LogP contribution in [0.2, 0.25) is 0 Å². The summed E-state index contributed by atoms with van der Waals surface area (Å²) in [5.41, 5.74) is 2.68. The van der Waals surface area contributed by atoms with E-state index in [9.17, 15) is 4.79 Å². The Morgan fingerprint density at radius 2 is 1.92 bits per heavy atom. The van der Waals surface area contributed by atoms with Crippen LogP contribution in [0.25, 0.3) is 11.0 Å². The Labute approximate surface area is 147 Å². The van der Waals surface area contributed by atoms with E-state index in [1.165, 1.54) is 18.4 Å². The van der Waals surface area contributed by atoms with Crippen LogP contribution >= 0.6 is 0 Å².